The third-order valence-electron chi connectivity index (χ3n) is 2.45. The number of nitrogens with one attached hydrogen (secondary N) is 3. The highest BCUT2D eigenvalue weighted by Gasteiger charge is 2.18. The Morgan fingerprint density at radius 1 is 1.39 bits per heavy atom. The molecule has 0 bridgehead atoms. The summed E-state index contributed by atoms with van der Waals surface area (Å²) >= 11 is 0. The van der Waals surface area contributed by atoms with E-state index in [9.17, 15) is 14.7 Å². The number of aromatic nitrogens is 2. The van der Waals surface area contributed by atoms with Gasteiger partial charge in [-0.15, -0.1) is 0 Å². The Morgan fingerprint density at radius 3 is 2.78 bits per heavy atom. The van der Waals surface area contributed by atoms with Gasteiger partial charge in [0.25, 0.3) is 5.56 Å². The van der Waals surface area contributed by atoms with Gasteiger partial charge in [0.2, 0.25) is 5.91 Å². The summed E-state index contributed by atoms with van der Waals surface area (Å²) in [5, 5.41) is 17.9. The lowest BCUT2D eigenvalue weighted by Gasteiger charge is -2.16. The lowest BCUT2D eigenvalue weighted by atomic mass is 10.1. The number of fused-ring (bicyclic) bond motifs is 1. The molecule has 0 fully saturated rings. The number of hydrogen-bond acceptors (Lipinski definition) is 3. The number of benzene rings is 1. The SMILES string of the molecule is CC(C)(O)CC(=O)Nc1ccc2c(=O)[nH][nH]c2c1. The summed E-state index contributed by atoms with van der Waals surface area (Å²) in [5.74, 6) is -0.278. The van der Waals surface area contributed by atoms with Crippen LogP contribution in [-0.2, 0) is 4.79 Å². The third-order valence-corrected chi connectivity index (χ3v) is 2.45. The van der Waals surface area contributed by atoms with Crippen molar-refractivity contribution in [1.29, 1.82) is 0 Å². The molecule has 6 heteroatoms. The van der Waals surface area contributed by atoms with E-state index in [-0.39, 0.29) is 17.9 Å². The van der Waals surface area contributed by atoms with Crippen LogP contribution in [0.1, 0.15) is 20.3 Å². The maximum Gasteiger partial charge on any atom is 0.271 e. The molecular weight excluding hydrogens is 234 g/mol. The van der Waals surface area contributed by atoms with Crippen LogP contribution in [0.2, 0.25) is 0 Å². The Bertz CT molecular complexity index is 634. The van der Waals surface area contributed by atoms with Crippen LogP contribution in [0, 0.1) is 0 Å². The van der Waals surface area contributed by atoms with Crippen molar-refractivity contribution >= 4 is 22.5 Å². The van der Waals surface area contributed by atoms with Crippen LogP contribution in [0.4, 0.5) is 5.69 Å². The zero-order valence-electron chi connectivity index (χ0n) is 10.2. The second kappa shape index (κ2) is 4.30. The molecule has 0 radical (unpaired) electrons. The predicted octanol–water partition coefficient (Wildman–Crippen LogP) is 0.956. The summed E-state index contributed by atoms with van der Waals surface area (Å²) in [7, 11) is 0. The first-order valence-electron chi connectivity index (χ1n) is 5.58. The summed E-state index contributed by atoms with van der Waals surface area (Å²) in [5.41, 5.74) is -0.0382. The Hall–Kier alpha value is -2.08. The fourth-order valence-electron chi connectivity index (χ4n) is 1.71. The number of H-pyrrole nitrogens is 2. The van der Waals surface area contributed by atoms with Crippen LogP contribution in [0.3, 0.4) is 0 Å². The number of rotatable bonds is 3. The molecular formula is C12H15N3O3. The standard InChI is InChI=1S/C12H15N3O3/c1-12(2,18)6-10(16)13-7-3-4-8-9(5-7)14-15-11(8)17/h3-5,18H,6H2,1-2H3,(H,13,16)(H2,14,15,17). The number of carbonyl (C=O) groups is 1. The lowest BCUT2D eigenvalue weighted by molar-refractivity contribution is -0.119. The second-order valence-corrected chi connectivity index (χ2v) is 4.88. The van der Waals surface area contributed by atoms with Gasteiger partial charge in [0.05, 0.1) is 22.9 Å². The monoisotopic (exact) mass is 249 g/mol. The van der Waals surface area contributed by atoms with Crippen molar-refractivity contribution in [2.75, 3.05) is 5.32 Å². The number of aromatic amines is 2. The van der Waals surface area contributed by atoms with E-state index in [1.54, 1.807) is 32.0 Å². The molecule has 0 spiro atoms. The molecule has 6 nitrogen and oxygen atoms in total. The van der Waals surface area contributed by atoms with Crippen LogP contribution < -0.4 is 10.9 Å². The molecule has 18 heavy (non-hydrogen) atoms. The molecule has 0 aliphatic rings. The number of aliphatic hydroxyl groups is 1. The van der Waals surface area contributed by atoms with E-state index >= 15 is 0 Å². The van der Waals surface area contributed by atoms with E-state index in [1.165, 1.54) is 0 Å². The van der Waals surface area contributed by atoms with Crippen molar-refractivity contribution in [3.63, 3.8) is 0 Å². The van der Waals surface area contributed by atoms with Crippen molar-refractivity contribution in [3.05, 3.63) is 28.6 Å². The van der Waals surface area contributed by atoms with E-state index in [0.717, 1.165) is 0 Å². The highest BCUT2D eigenvalue weighted by atomic mass is 16.3. The number of hydrogen-bond donors (Lipinski definition) is 4. The Labute approximate surface area is 103 Å². The Balaban J connectivity index is 2.17. The second-order valence-electron chi connectivity index (χ2n) is 4.88. The van der Waals surface area contributed by atoms with Crippen molar-refractivity contribution in [1.82, 2.24) is 10.2 Å². The molecule has 0 aliphatic heterocycles. The van der Waals surface area contributed by atoms with Crippen molar-refractivity contribution in [3.8, 4) is 0 Å². The molecule has 0 aliphatic carbocycles. The van der Waals surface area contributed by atoms with E-state index in [2.05, 4.69) is 15.5 Å². The van der Waals surface area contributed by atoms with Gasteiger partial charge in [-0.05, 0) is 32.0 Å². The Kier molecular flexibility index (Phi) is 2.96. The van der Waals surface area contributed by atoms with Crippen molar-refractivity contribution in [2.45, 2.75) is 25.9 Å². The fraction of sp³-hybridized carbons (Fsp3) is 0.333. The number of amides is 1. The lowest BCUT2D eigenvalue weighted by Crippen LogP contribution is -2.27. The number of anilines is 1. The van der Waals surface area contributed by atoms with Crippen LogP contribution >= 0.6 is 0 Å². The molecule has 1 amide bonds. The first-order valence-corrected chi connectivity index (χ1v) is 5.58. The molecule has 96 valence electrons. The third kappa shape index (κ3) is 2.78. The van der Waals surface area contributed by atoms with E-state index < -0.39 is 5.60 Å². The largest absolute Gasteiger partial charge is 0.390 e. The summed E-state index contributed by atoms with van der Waals surface area (Å²) in [4.78, 5) is 22.9. The topological polar surface area (TPSA) is 98.0 Å². The minimum atomic E-state index is -1.05. The van der Waals surface area contributed by atoms with Gasteiger partial charge >= 0.3 is 0 Å². The van der Waals surface area contributed by atoms with E-state index in [4.69, 9.17) is 0 Å². The van der Waals surface area contributed by atoms with Crippen LogP contribution in [0.25, 0.3) is 10.9 Å². The Morgan fingerprint density at radius 2 is 2.11 bits per heavy atom. The van der Waals surface area contributed by atoms with Crippen LogP contribution in [-0.4, -0.2) is 26.8 Å². The summed E-state index contributed by atoms with van der Waals surface area (Å²) in [6.45, 7) is 3.14. The summed E-state index contributed by atoms with van der Waals surface area (Å²) in [6, 6.07) is 4.94. The van der Waals surface area contributed by atoms with E-state index in [0.29, 0.717) is 16.6 Å². The molecule has 0 saturated heterocycles. The smallest absolute Gasteiger partial charge is 0.271 e. The summed E-state index contributed by atoms with van der Waals surface area (Å²) < 4.78 is 0. The molecule has 1 aromatic carbocycles. The fourth-order valence-corrected chi connectivity index (χ4v) is 1.71. The highest BCUT2D eigenvalue weighted by Crippen LogP contribution is 2.15. The predicted molar refractivity (Wildman–Crippen MR) is 68.5 cm³/mol. The first kappa shape index (κ1) is 12.4. The maximum atomic E-state index is 11.6. The zero-order valence-corrected chi connectivity index (χ0v) is 10.2. The van der Waals surface area contributed by atoms with Gasteiger partial charge in [0.15, 0.2) is 0 Å². The molecule has 1 heterocycles. The minimum absolute atomic E-state index is 0.00862. The molecule has 4 N–H and O–H groups in total. The molecule has 2 rings (SSSR count). The number of carbonyl (C=O) groups excluding carboxylic acids is 1. The average Bonchev–Trinajstić information content (AvgIpc) is 2.57. The maximum absolute atomic E-state index is 11.6. The van der Waals surface area contributed by atoms with Crippen LogP contribution in [0.15, 0.2) is 23.0 Å². The highest BCUT2D eigenvalue weighted by molar-refractivity contribution is 5.93. The molecule has 0 saturated carbocycles. The zero-order chi connectivity index (χ0) is 13.3. The molecule has 0 unspecified atom stereocenters. The van der Waals surface area contributed by atoms with Gasteiger partial charge < -0.3 is 10.4 Å². The van der Waals surface area contributed by atoms with Gasteiger partial charge in [-0.25, -0.2) is 0 Å². The molecule has 1 aromatic heterocycles. The normalized spacial score (nSPS) is 11.7. The van der Waals surface area contributed by atoms with Gasteiger partial charge in [0.1, 0.15) is 0 Å². The van der Waals surface area contributed by atoms with Gasteiger partial charge in [-0.1, -0.05) is 0 Å². The molecule has 2 aromatic rings. The van der Waals surface area contributed by atoms with E-state index in [1.807, 2.05) is 0 Å². The minimum Gasteiger partial charge on any atom is -0.390 e. The average molecular weight is 249 g/mol. The van der Waals surface area contributed by atoms with Crippen molar-refractivity contribution in [2.24, 2.45) is 0 Å². The van der Waals surface area contributed by atoms with Crippen LogP contribution in [0.5, 0.6) is 0 Å². The van der Waals surface area contributed by atoms with Gasteiger partial charge in [0, 0.05) is 5.69 Å². The van der Waals surface area contributed by atoms with Gasteiger partial charge in [-0.3, -0.25) is 19.8 Å². The molecule has 0 atom stereocenters. The summed E-state index contributed by atoms with van der Waals surface area (Å²) in [6.07, 6.45) is 0.00862. The van der Waals surface area contributed by atoms with Crippen molar-refractivity contribution < 1.29 is 9.90 Å². The van der Waals surface area contributed by atoms with Gasteiger partial charge in [-0.2, -0.15) is 0 Å². The first-order chi connectivity index (χ1) is 8.35. The quantitative estimate of drug-likeness (QED) is 0.652.